The van der Waals surface area contributed by atoms with Gasteiger partial charge >= 0.3 is 0 Å². The Balaban J connectivity index is 2.25. The van der Waals surface area contributed by atoms with Crippen LogP contribution in [0.15, 0.2) is 18.2 Å². The molecular weight excluding hydrogens is 268 g/mol. The number of nitrogens with one attached hydrogen (secondary N) is 1. The first-order valence-electron chi connectivity index (χ1n) is 7.10. The Morgan fingerprint density at radius 2 is 1.86 bits per heavy atom. The van der Waals surface area contributed by atoms with Crippen LogP contribution in [0.1, 0.15) is 25.2 Å². The molecule has 114 valence electrons. The van der Waals surface area contributed by atoms with Crippen molar-refractivity contribution in [3.8, 4) is 11.5 Å². The van der Waals surface area contributed by atoms with Crippen LogP contribution < -0.4 is 14.8 Å². The van der Waals surface area contributed by atoms with Gasteiger partial charge in [-0.1, -0.05) is 6.07 Å². The van der Waals surface area contributed by atoms with Crippen LogP contribution in [0.3, 0.4) is 0 Å². The number of hydrogen-bond donors (Lipinski definition) is 1. The highest BCUT2D eigenvalue weighted by Crippen LogP contribution is 2.28. The number of aromatic nitrogens is 3. The molecule has 0 aliphatic carbocycles. The average Bonchev–Trinajstić information content (AvgIpc) is 2.89. The minimum atomic E-state index is 0.701. The summed E-state index contributed by atoms with van der Waals surface area (Å²) in [6.45, 7) is 5.79. The van der Waals surface area contributed by atoms with E-state index in [1.165, 1.54) is 0 Å². The lowest BCUT2D eigenvalue weighted by atomic mass is 10.1. The van der Waals surface area contributed by atoms with Crippen molar-refractivity contribution in [2.45, 2.75) is 26.8 Å². The van der Waals surface area contributed by atoms with Gasteiger partial charge in [0.2, 0.25) is 5.95 Å². The predicted octanol–water partition coefficient (Wildman–Crippen LogP) is 2.34. The Morgan fingerprint density at radius 3 is 2.48 bits per heavy atom. The van der Waals surface area contributed by atoms with Crippen molar-refractivity contribution in [3.63, 3.8) is 0 Å². The summed E-state index contributed by atoms with van der Waals surface area (Å²) in [5, 5.41) is 11.7. The molecule has 0 saturated heterocycles. The highest BCUT2D eigenvalue weighted by molar-refractivity contribution is 5.43. The van der Waals surface area contributed by atoms with Gasteiger partial charge < -0.3 is 14.8 Å². The zero-order valence-electron chi connectivity index (χ0n) is 13.0. The van der Waals surface area contributed by atoms with E-state index in [2.05, 4.69) is 27.0 Å². The maximum absolute atomic E-state index is 5.33. The van der Waals surface area contributed by atoms with E-state index in [1.807, 2.05) is 25.1 Å². The Bertz CT molecular complexity index is 595. The smallest absolute Gasteiger partial charge is 0.224 e. The summed E-state index contributed by atoms with van der Waals surface area (Å²) in [5.41, 5.74) is 1.11. The van der Waals surface area contributed by atoms with Crippen molar-refractivity contribution >= 4 is 5.95 Å². The van der Waals surface area contributed by atoms with E-state index in [9.17, 15) is 0 Å². The number of hydrogen-bond acceptors (Lipinski definition) is 5. The van der Waals surface area contributed by atoms with Gasteiger partial charge in [0.1, 0.15) is 5.82 Å². The second-order valence-corrected chi connectivity index (χ2v) is 4.58. The summed E-state index contributed by atoms with van der Waals surface area (Å²) in [6.07, 6.45) is 0.701. The lowest BCUT2D eigenvalue weighted by Crippen LogP contribution is -2.09. The number of anilines is 1. The van der Waals surface area contributed by atoms with Crippen molar-refractivity contribution < 1.29 is 9.47 Å². The molecule has 2 rings (SSSR count). The molecule has 1 heterocycles. The SMILES string of the molecule is CCNc1nnc(Cc2ccc(OC)c(OC)c2)n1CC. The number of benzene rings is 1. The maximum Gasteiger partial charge on any atom is 0.224 e. The third kappa shape index (κ3) is 3.26. The van der Waals surface area contributed by atoms with Crippen LogP contribution in [0.2, 0.25) is 0 Å². The van der Waals surface area contributed by atoms with Crippen LogP contribution in [-0.2, 0) is 13.0 Å². The quantitative estimate of drug-likeness (QED) is 0.848. The molecular formula is C15H22N4O2. The molecule has 21 heavy (non-hydrogen) atoms. The van der Waals surface area contributed by atoms with Crippen LogP contribution in [0.25, 0.3) is 0 Å². The van der Waals surface area contributed by atoms with Gasteiger partial charge in [-0.25, -0.2) is 0 Å². The van der Waals surface area contributed by atoms with Crippen LogP contribution in [0.5, 0.6) is 11.5 Å². The number of nitrogens with zero attached hydrogens (tertiary/aromatic N) is 3. The van der Waals surface area contributed by atoms with Crippen LogP contribution >= 0.6 is 0 Å². The molecule has 0 fully saturated rings. The third-order valence-electron chi connectivity index (χ3n) is 3.29. The Kier molecular flexibility index (Phi) is 5.03. The first kappa shape index (κ1) is 15.2. The molecule has 1 aromatic heterocycles. The van der Waals surface area contributed by atoms with Gasteiger partial charge in [0, 0.05) is 19.5 Å². The number of methoxy groups -OCH3 is 2. The van der Waals surface area contributed by atoms with Crippen molar-refractivity contribution in [3.05, 3.63) is 29.6 Å². The second kappa shape index (κ2) is 6.97. The van der Waals surface area contributed by atoms with Crippen molar-refractivity contribution in [2.75, 3.05) is 26.1 Å². The molecule has 0 spiro atoms. The summed E-state index contributed by atoms with van der Waals surface area (Å²) in [7, 11) is 3.27. The lowest BCUT2D eigenvalue weighted by Gasteiger charge is -2.10. The van der Waals surface area contributed by atoms with Gasteiger partial charge in [-0.3, -0.25) is 4.57 Å². The van der Waals surface area contributed by atoms with E-state index in [0.29, 0.717) is 6.42 Å². The molecule has 0 atom stereocenters. The largest absolute Gasteiger partial charge is 0.493 e. The van der Waals surface area contributed by atoms with Gasteiger partial charge in [0.05, 0.1) is 14.2 Å². The Morgan fingerprint density at radius 1 is 1.10 bits per heavy atom. The first-order valence-corrected chi connectivity index (χ1v) is 7.10. The van der Waals surface area contributed by atoms with E-state index in [4.69, 9.17) is 9.47 Å². The minimum absolute atomic E-state index is 0.701. The molecule has 1 aromatic carbocycles. The fourth-order valence-corrected chi connectivity index (χ4v) is 2.26. The Labute approximate surface area is 125 Å². The Hall–Kier alpha value is -2.24. The van der Waals surface area contributed by atoms with E-state index in [0.717, 1.165) is 41.9 Å². The number of rotatable bonds is 7. The second-order valence-electron chi connectivity index (χ2n) is 4.58. The van der Waals surface area contributed by atoms with Gasteiger partial charge in [-0.05, 0) is 31.5 Å². The highest BCUT2D eigenvalue weighted by atomic mass is 16.5. The molecule has 0 aliphatic rings. The predicted molar refractivity (Wildman–Crippen MR) is 82.2 cm³/mol. The normalized spacial score (nSPS) is 10.5. The van der Waals surface area contributed by atoms with Crippen LogP contribution in [0.4, 0.5) is 5.95 Å². The summed E-state index contributed by atoms with van der Waals surface area (Å²) in [4.78, 5) is 0. The topological polar surface area (TPSA) is 61.2 Å². The summed E-state index contributed by atoms with van der Waals surface area (Å²) >= 11 is 0. The van der Waals surface area contributed by atoms with Crippen molar-refractivity contribution in [1.82, 2.24) is 14.8 Å². The lowest BCUT2D eigenvalue weighted by molar-refractivity contribution is 0.354. The zero-order valence-corrected chi connectivity index (χ0v) is 13.0. The van der Waals surface area contributed by atoms with E-state index < -0.39 is 0 Å². The molecule has 1 N–H and O–H groups in total. The van der Waals surface area contributed by atoms with Gasteiger partial charge in [-0.15, -0.1) is 10.2 Å². The molecule has 6 heteroatoms. The molecule has 0 radical (unpaired) electrons. The van der Waals surface area contributed by atoms with Gasteiger partial charge in [0.25, 0.3) is 0 Å². The molecule has 0 saturated carbocycles. The molecule has 2 aromatic rings. The summed E-state index contributed by atoms with van der Waals surface area (Å²) < 4.78 is 12.7. The van der Waals surface area contributed by atoms with Crippen LogP contribution in [0, 0.1) is 0 Å². The van der Waals surface area contributed by atoms with E-state index >= 15 is 0 Å². The maximum atomic E-state index is 5.33. The minimum Gasteiger partial charge on any atom is -0.493 e. The summed E-state index contributed by atoms with van der Waals surface area (Å²) in [5.74, 6) is 3.20. The number of ether oxygens (including phenoxy) is 2. The molecule has 0 amide bonds. The monoisotopic (exact) mass is 290 g/mol. The van der Waals surface area contributed by atoms with Gasteiger partial charge in [0.15, 0.2) is 11.5 Å². The van der Waals surface area contributed by atoms with E-state index in [-0.39, 0.29) is 0 Å². The standard InChI is InChI=1S/C15H22N4O2/c1-5-16-15-18-17-14(19(15)6-2)10-11-7-8-12(20-3)13(9-11)21-4/h7-9H,5-6,10H2,1-4H3,(H,16,18). The van der Waals surface area contributed by atoms with E-state index in [1.54, 1.807) is 14.2 Å². The van der Waals surface area contributed by atoms with Gasteiger partial charge in [-0.2, -0.15) is 0 Å². The third-order valence-corrected chi connectivity index (χ3v) is 3.29. The molecule has 0 aliphatic heterocycles. The van der Waals surface area contributed by atoms with Crippen molar-refractivity contribution in [1.29, 1.82) is 0 Å². The highest BCUT2D eigenvalue weighted by Gasteiger charge is 2.12. The molecule has 0 unspecified atom stereocenters. The van der Waals surface area contributed by atoms with Crippen molar-refractivity contribution in [2.24, 2.45) is 0 Å². The summed E-state index contributed by atoms with van der Waals surface area (Å²) in [6, 6.07) is 5.90. The fraction of sp³-hybridized carbons (Fsp3) is 0.467. The van der Waals surface area contributed by atoms with Crippen LogP contribution in [-0.4, -0.2) is 35.5 Å². The molecule has 0 bridgehead atoms. The fourth-order valence-electron chi connectivity index (χ4n) is 2.26. The first-order chi connectivity index (χ1) is 10.2. The zero-order chi connectivity index (χ0) is 15.2. The average molecular weight is 290 g/mol. The molecule has 6 nitrogen and oxygen atoms in total.